The van der Waals surface area contributed by atoms with Gasteiger partial charge in [0.05, 0.1) is 0 Å². The maximum absolute atomic E-state index is 12.1. The van der Waals surface area contributed by atoms with Gasteiger partial charge >= 0.3 is 6.36 Å². The van der Waals surface area contributed by atoms with E-state index in [4.69, 9.17) is 0 Å². The van der Waals surface area contributed by atoms with Gasteiger partial charge in [0.2, 0.25) is 0 Å². The zero-order valence-electron chi connectivity index (χ0n) is 12.5. The van der Waals surface area contributed by atoms with Gasteiger partial charge in [0.15, 0.2) is 0 Å². The van der Waals surface area contributed by atoms with Crippen LogP contribution in [-0.2, 0) is 6.42 Å². The molecule has 0 radical (unpaired) electrons. The molecule has 0 aliphatic heterocycles. The minimum atomic E-state index is -4.61. The number of alkyl halides is 3. The van der Waals surface area contributed by atoms with Crippen LogP contribution < -0.4 is 4.74 Å². The first kappa shape index (κ1) is 16.2. The normalized spacial score (nSPS) is 23.0. The molecule has 1 saturated carbocycles. The highest BCUT2D eigenvalue weighted by Gasteiger charge is 2.30. The zero-order chi connectivity index (χ0) is 15.3. The first-order chi connectivity index (χ1) is 9.96. The number of hydrogen-bond acceptors (Lipinski definition) is 1. The average Bonchev–Trinajstić information content (AvgIpc) is 2.45. The number of hydrogen-bond donors (Lipinski definition) is 0. The van der Waals surface area contributed by atoms with Gasteiger partial charge in [-0.2, -0.15) is 0 Å². The summed E-state index contributed by atoms with van der Waals surface area (Å²) in [6.45, 7) is 2.26. The lowest BCUT2D eigenvalue weighted by Gasteiger charge is -2.27. The lowest BCUT2D eigenvalue weighted by atomic mass is 9.78. The summed E-state index contributed by atoms with van der Waals surface area (Å²) in [7, 11) is 0. The van der Waals surface area contributed by atoms with Crippen molar-refractivity contribution in [3.8, 4) is 5.75 Å². The topological polar surface area (TPSA) is 9.23 Å². The van der Waals surface area contributed by atoms with Gasteiger partial charge in [0, 0.05) is 0 Å². The fourth-order valence-corrected chi connectivity index (χ4v) is 3.16. The van der Waals surface area contributed by atoms with Gasteiger partial charge in [-0.15, -0.1) is 13.2 Å². The lowest BCUT2D eigenvalue weighted by Crippen LogP contribution is -2.17. The summed E-state index contributed by atoms with van der Waals surface area (Å²) in [6, 6.07) is 6.27. The molecule has 0 N–H and O–H groups in total. The van der Waals surface area contributed by atoms with Crippen molar-refractivity contribution < 1.29 is 17.9 Å². The van der Waals surface area contributed by atoms with Crippen molar-refractivity contribution in [3.63, 3.8) is 0 Å². The molecule has 0 spiro atoms. The third-order valence-corrected chi connectivity index (χ3v) is 4.54. The Morgan fingerprint density at radius 1 is 1.00 bits per heavy atom. The SMILES string of the molecule is CC[C@H]1CC[C@H](CCc2ccc(OC(F)(F)F)cc2)CC1. The second-order valence-electron chi connectivity index (χ2n) is 6.03. The van der Waals surface area contributed by atoms with E-state index in [0.29, 0.717) is 0 Å². The summed E-state index contributed by atoms with van der Waals surface area (Å²) < 4.78 is 40.1. The highest BCUT2D eigenvalue weighted by Crippen LogP contribution is 2.33. The molecule has 1 aliphatic rings. The number of aryl methyl sites for hydroxylation is 1. The van der Waals surface area contributed by atoms with Crippen molar-refractivity contribution in [1.82, 2.24) is 0 Å². The maximum Gasteiger partial charge on any atom is 0.573 e. The predicted octanol–water partition coefficient (Wildman–Crippen LogP) is 5.73. The van der Waals surface area contributed by atoms with E-state index in [2.05, 4.69) is 11.7 Å². The molecule has 1 aromatic carbocycles. The van der Waals surface area contributed by atoms with Gasteiger partial charge in [-0.05, 0) is 42.4 Å². The summed E-state index contributed by atoms with van der Waals surface area (Å²) in [5.41, 5.74) is 1.09. The fourth-order valence-electron chi connectivity index (χ4n) is 3.16. The van der Waals surface area contributed by atoms with E-state index < -0.39 is 6.36 Å². The Kier molecular flexibility index (Phi) is 5.54. The van der Waals surface area contributed by atoms with Crippen LogP contribution in [0.15, 0.2) is 24.3 Å². The van der Waals surface area contributed by atoms with E-state index in [-0.39, 0.29) is 5.75 Å². The van der Waals surface area contributed by atoms with Gasteiger partial charge in [-0.1, -0.05) is 51.2 Å². The van der Waals surface area contributed by atoms with Gasteiger partial charge in [0.1, 0.15) is 5.75 Å². The molecule has 0 unspecified atom stereocenters. The van der Waals surface area contributed by atoms with E-state index in [1.165, 1.54) is 44.2 Å². The lowest BCUT2D eigenvalue weighted by molar-refractivity contribution is -0.274. The van der Waals surface area contributed by atoms with Gasteiger partial charge < -0.3 is 4.74 Å². The Morgan fingerprint density at radius 3 is 2.10 bits per heavy atom. The summed E-state index contributed by atoms with van der Waals surface area (Å²) in [4.78, 5) is 0. The highest BCUT2D eigenvalue weighted by atomic mass is 19.4. The van der Waals surface area contributed by atoms with Crippen molar-refractivity contribution in [1.29, 1.82) is 0 Å². The number of ether oxygens (including phenoxy) is 1. The molecule has 0 aromatic heterocycles. The van der Waals surface area contributed by atoms with Gasteiger partial charge in [-0.25, -0.2) is 0 Å². The summed E-state index contributed by atoms with van der Waals surface area (Å²) in [5, 5.41) is 0. The first-order valence-electron chi connectivity index (χ1n) is 7.81. The third kappa shape index (κ3) is 5.60. The Labute approximate surface area is 124 Å². The first-order valence-corrected chi connectivity index (χ1v) is 7.81. The minimum Gasteiger partial charge on any atom is -0.406 e. The molecule has 4 heteroatoms. The molecule has 0 saturated heterocycles. The van der Waals surface area contributed by atoms with Crippen molar-refractivity contribution in [2.75, 3.05) is 0 Å². The molecule has 0 heterocycles. The van der Waals surface area contributed by atoms with Crippen LogP contribution in [0.25, 0.3) is 0 Å². The average molecular weight is 300 g/mol. The van der Waals surface area contributed by atoms with Gasteiger partial charge in [0.25, 0.3) is 0 Å². The van der Waals surface area contributed by atoms with Crippen LogP contribution in [0.3, 0.4) is 0 Å². The molecule has 1 aromatic rings. The molecule has 0 amide bonds. The summed E-state index contributed by atoms with van der Waals surface area (Å²) in [6.07, 6.45) is 4.01. The number of halogens is 3. The molecule has 1 aliphatic carbocycles. The van der Waals surface area contributed by atoms with Gasteiger partial charge in [-0.3, -0.25) is 0 Å². The van der Waals surface area contributed by atoms with Crippen LogP contribution in [0.1, 0.15) is 51.0 Å². The molecular weight excluding hydrogens is 277 g/mol. The predicted molar refractivity (Wildman–Crippen MR) is 77.2 cm³/mol. The van der Waals surface area contributed by atoms with Crippen LogP contribution in [0.2, 0.25) is 0 Å². The van der Waals surface area contributed by atoms with Crippen LogP contribution in [0, 0.1) is 11.8 Å². The Balaban J connectivity index is 1.76. The van der Waals surface area contributed by atoms with Crippen molar-refractivity contribution in [3.05, 3.63) is 29.8 Å². The molecule has 0 bridgehead atoms. The highest BCUT2D eigenvalue weighted by molar-refractivity contribution is 5.27. The molecule has 21 heavy (non-hydrogen) atoms. The molecule has 1 fully saturated rings. The Morgan fingerprint density at radius 2 is 1.57 bits per heavy atom. The maximum atomic E-state index is 12.1. The molecule has 0 atom stereocenters. The summed E-state index contributed by atoms with van der Waals surface area (Å²) in [5.74, 6) is 1.54. The summed E-state index contributed by atoms with van der Waals surface area (Å²) >= 11 is 0. The van der Waals surface area contributed by atoms with E-state index >= 15 is 0 Å². The largest absolute Gasteiger partial charge is 0.573 e. The van der Waals surface area contributed by atoms with Crippen LogP contribution in [-0.4, -0.2) is 6.36 Å². The van der Waals surface area contributed by atoms with Crippen LogP contribution in [0.5, 0.6) is 5.75 Å². The van der Waals surface area contributed by atoms with E-state index in [9.17, 15) is 13.2 Å². The second kappa shape index (κ2) is 7.19. The minimum absolute atomic E-state index is 0.144. The van der Waals surface area contributed by atoms with E-state index in [0.717, 1.165) is 30.2 Å². The standard InChI is InChI=1S/C17H23F3O/c1-2-13-3-5-14(6-4-13)7-8-15-9-11-16(12-10-15)21-17(18,19)20/h9-14H,2-8H2,1H3/t13-,14-. The molecule has 1 nitrogen and oxygen atoms in total. The monoisotopic (exact) mass is 300 g/mol. The molecule has 2 rings (SSSR count). The fraction of sp³-hybridized carbons (Fsp3) is 0.647. The number of benzene rings is 1. The second-order valence-corrected chi connectivity index (χ2v) is 6.03. The molecular formula is C17H23F3O. The Bertz CT molecular complexity index is 417. The van der Waals surface area contributed by atoms with Crippen molar-refractivity contribution in [2.45, 2.75) is 58.2 Å². The number of rotatable bonds is 5. The van der Waals surface area contributed by atoms with E-state index in [1.807, 2.05) is 0 Å². The molecule has 118 valence electrons. The zero-order valence-corrected chi connectivity index (χ0v) is 12.5. The van der Waals surface area contributed by atoms with Crippen LogP contribution >= 0.6 is 0 Å². The Hall–Kier alpha value is -1.19. The van der Waals surface area contributed by atoms with Crippen molar-refractivity contribution in [2.24, 2.45) is 11.8 Å². The van der Waals surface area contributed by atoms with Crippen molar-refractivity contribution >= 4 is 0 Å². The smallest absolute Gasteiger partial charge is 0.406 e. The van der Waals surface area contributed by atoms with E-state index in [1.54, 1.807) is 12.1 Å². The van der Waals surface area contributed by atoms with Crippen LogP contribution in [0.4, 0.5) is 13.2 Å². The third-order valence-electron chi connectivity index (χ3n) is 4.54. The quantitative estimate of drug-likeness (QED) is 0.674.